The topological polar surface area (TPSA) is 0 Å². The number of fused-ring (bicyclic) bond motifs is 1. The first-order valence-corrected chi connectivity index (χ1v) is 8.74. The van der Waals surface area contributed by atoms with E-state index in [1.165, 1.54) is 39.0 Å². The first kappa shape index (κ1) is 15.0. The molecule has 0 nitrogen and oxygen atoms in total. The van der Waals surface area contributed by atoms with Crippen molar-refractivity contribution in [2.24, 2.45) is 0 Å². The van der Waals surface area contributed by atoms with Crippen molar-refractivity contribution in [3.05, 3.63) is 107 Å². The highest BCUT2D eigenvalue weighted by atomic mass is 14.3. The van der Waals surface area contributed by atoms with Crippen LogP contribution in [-0.4, -0.2) is 0 Å². The van der Waals surface area contributed by atoms with Gasteiger partial charge < -0.3 is 0 Å². The second kappa shape index (κ2) is 6.13. The lowest BCUT2D eigenvalue weighted by Crippen LogP contribution is -2.01. The van der Waals surface area contributed by atoms with E-state index < -0.39 is 0 Å². The van der Waals surface area contributed by atoms with E-state index in [0.29, 0.717) is 5.92 Å². The fraction of sp³-hybridized carbons (Fsp3) is 0.167. The molecule has 3 aromatic rings. The summed E-state index contributed by atoms with van der Waals surface area (Å²) in [6.45, 7) is 4.46. The van der Waals surface area contributed by atoms with E-state index in [2.05, 4.69) is 92.7 Å². The number of allylic oxidation sites excluding steroid dienone is 2. The van der Waals surface area contributed by atoms with Gasteiger partial charge in [-0.15, -0.1) is 0 Å². The molecule has 0 aromatic heterocycles. The van der Waals surface area contributed by atoms with Crippen LogP contribution in [0.25, 0.3) is 11.1 Å². The van der Waals surface area contributed by atoms with Crippen LogP contribution in [0.15, 0.2) is 78.9 Å². The maximum absolute atomic E-state index is 2.37. The summed E-state index contributed by atoms with van der Waals surface area (Å²) in [4.78, 5) is 0. The van der Waals surface area contributed by atoms with Crippen LogP contribution in [0.1, 0.15) is 47.1 Å². The molecule has 0 saturated heterocycles. The minimum Gasteiger partial charge on any atom is -0.0622 e. The monoisotopic (exact) mass is 310 g/mol. The largest absolute Gasteiger partial charge is 0.0622 e. The number of hydrogen-bond donors (Lipinski definition) is 0. The van der Waals surface area contributed by atoms with Gasteiger partial charge in [-0.1, -0.05) is 91.3 Å². The Balaban J connectivity index is 2.00. The highest BCUT2D eigenvalue weighted by Gasteiger charge is 2.32. The molecule has 0 heterocycles. The molecule has 0 spiro atoms. The summed E-state index contributed by atoms with van der Waals surface area (Å²) in [5.41, 5.74) is 9.91. The van der Waals surface area contributed by atoms with Crippen molar-refractivity contribution in [3.63, 3.8) is 0 Å². The predicted octanol–water partition coefficient (Wildman–Crippen LogP) is 6.46. The van der Waals surface area contributed by atoms with Crippen LogP contribution in [0.5, 0.6) is 0 Å². The number of aryl methyl sites for hydroxylation is 1. The highest BCUT2D eigenvalue weighted by molar-refractivity contribution is 6.01. The van der Waals surface area contributed by atoms with Gasteiger partial charge in [0, 0.05) is 5.92 Å². The Hall–Kier alpha value is -2.60. The third kappa shape index (κ3) is 2.39. The van der Waals surface area contributed by atoms with Gasteiger partial charge in [0.15, 0.2) is 0 Å². The maximum Gasteiger partial charge on any atom is 0.0354 e. The van der Waals surface area contributed by atoms with E-state index in [1.54, 1.807) is 0 Å². The summed E-state index contributed by atoms with van der Waals surface area (Å²) in [6, 6.07) is 28.7. The second-order valence-electron chi connectivity index (χ2n) is 6.55. The van der Waals surface area contributed by atoms with Crippen molar-refractivity contribution in [1.29, 1.82) is 0 Å². The maximum atomic E-state index is 2.37. The summed E-state index contributed by atoms with van der Waals surface area (Å²) in [7, 11) is 0. The number of hydrogen-bond acceptors (Lipinski definition) is 0. The summed E-state index contributed by atoms with van der Waals surface area (Å²) >= 11 is 0. The van der Waals surface area contributed by atoms with Gasteiger partial charge in [-0.2, -0.15) is 0 Å². The van der Waals surface area contributed by atoms with Gasteiger partial charge in [-0.05, 0) is 46.7 Å². The SMILES string of the molecule is CCC1=C(c2ccccc2)[C@@H](c2ccccc2)c2cc(C)ccc21. The fourth-order valence-corrected chi connectivity index (χ4v) is 4.00. The predicted molar refractivity (Wildman–Crippen MR) is 103 cm³/mol. The minimum atomic E-state index is 0.332. The molecule has 4 rings (SSSR count). The Morgan fingerprint density at radius 1 is 0.792 bits per heavy atom. The zero-order chi connectivity index (χ0) is 16.5. The number of rotatable bonds is 3. The van der Waals surface area contributed by atoms with Gasteiger partial charge in [0.25, 0.3) is 0 Å². The molecule has 0 fully saturated rings. The Kier molecular flexibility index (Phi) is 3.82. The van der Waals surface area contributed by atoms with Gasteiger partial charge in [-0.3, -0.25) is 0 Å². The van der Waals surface area contributed by atoms with Crippen molar-refractivity contribution >= 4 is 11.1 Å². The summed E-state index contributed by atoms with van der Waals surface area (Å²) in [5.74, 6) is 0.332. The standard InChI is InChI=1S/C24H22/c1-3-20-21-15-14-17(2)16-22(21)24(19-12-8-5-9-13-19)23(20)18-10-6-4-7-11-18/h4-16,24H,3H2,1-2H3/t24-/m0/s1. The molecular formula is C24H22. The molecule has 1 aliphatic carbocycles. The minimum absolute atomic E-state index is 0.332. The van der Waals surface area contributed by atoms with Gasteiger partial charge in [0.2, 0.25) is 0 Å². The molecule has 1 atom stereocenters. The van der Waals surface area contributed by atoms with Gasteiger partial charge in [0.1, 0.15) is 0 Å². The lowest BCUT2D eigenvalue weighted by Gasteiger charge is -2.18. The van der Waals surface area contributed by atoms with Crippen LogP contribution in [0, 0.1) is 6.92 Å². The quantitative estimate of drug-likeness (QED) is 0.520. The fourth-order valence-electron chi connectivity index (χ4n) is 4.00. The highest BCUT2D eigenvalue weighted by Crippen LogP contribution is 2.51. The molecular weight excluding hydrogens is 288 g/mol. The molecule has 118 valence electrons. The lowest BCUT2D eigenvalue weighted by molar-refractivity contribution is 1.06. The first-order chi connectivity index (χ1) is 11.8. The molecule has 0 radical (unpaired) electrons. The Labute approximate surface area is 144 Å². The van der Waals surface area contributed by atoms with Crippen molar-refractivity contribution in [1.82, 2.24) is 0 Å². The van der Waals surface area contributed by atoms with Gasteiger partial charge in [0.05, 0.1) is 0 Å². The van der Waals surface area contributed by atoms with E-state index in [0.717, 1.165) is 6.42 Å². The van der Waals surface area contributed by atoms with E-state index in [4.69, 9.17) is 0 Å². The molecule has 0 saturated carbocycles. The van der Waals surface area contributed by atoms with Crippen LogP contribution in [0.2, 0.25) is 0 Å². The second-order valence-corrected chi connectivity index (χ2v) is 6.55. The van der Waals surface area contributed by atoms with Crippen LogP contribution in [0.3, 0.4) is 0 Å². The summed E-state index contributed by atoms with van der Waals surface area (Å²) in [6.07, 6.45) is 1.06. The molecule has 0 heteroatoms. The van der Waals surface area contributed by atoms with Crippen LogP contribution in [-0.2, 0) is 0 Å². The number of benzene rings is 3. The molecule has 0 amide bonds. The summed E-state index contributed by atoms with van der Waals surface area (Å²) in [5, 5.41) is 0. The zero-order valence-electron chi connectivity index (χ0n) is 14.3. The molecule has 24 heavy (non-hydrogen) atoms. The van der Waals surface area contributed by atoms with Gasteiger partial charge in [-0.25, -0.2) is 0 Å². The van der Waals surface area contributed by atoms with Crippen molar-refractivity contribution in [3.8, 4) is 0 Å². The van der Waals surface area contributed by atoms with Crippen LogP contribution < -0.4 is 0 Å². The van der Waals surface area contributed by atoms with Crippen molar-refractivity contribution < 1.29 is 0 Å². The average molecular weight is 310 g/mol. The Morgan fingerprint density at radius 2 is 1.46 bits per heavy atom. The third-order valence-electron chi connectivity index (χ3n) is 5.03. The average Bonchev–Trinajstić information content (AvgIpc) is 2.96. The lowest BCUT2D eigenvalue weighted by atomic mass is 9.84. The zero-order valence-corrected chi connectivity index (χ0v) is 14.3. The van der Waals surface area contributed by atoms with E-state index in [1.807, 2.05) is 0 Å². The van der Waals surface area contributed by atoms with Gasteiger partial charge >= 0.3 is 0 Å². The normalized spacial score (nSPS) is 16.3. The Morgan fingerprint density at radius 3 is 2.12 bits per heavy atom. The van der Waals surface area contributed by atoms with Crippen molar-refractivity contribution in [2.75, 3.05) is 0 Å². The Bertz CT molecular complexity index is 886. The first-order valence-electron chi connectivity index (χ1n) is 8.74. The molecule has 3 aromatic carbocycles. The van der Waals surface area contributed by atoms with Crippen molar-refractivity contribution in [2.45, 2.75) is 26.2 Å². The third-order valence-corrected chi connectivity index (χ3v) is 5.03. The molecule has 1 aliphatic rings. The molecule has 0 unspecified atom stereocenters. The molecule has 0 N–H and O–H groups in total. The van der Waals surface area contributed by atoms with E-state index >= 15 is 0 Å². The van der Waals surface area contributed by atoms with Crippen LogP contribution in [0.4, 0.5) is 0 Å². The van der Waals surface area contributed by atoms with E-state index in [9.17, 15) is 0 Å². The molecule has 0 aliphatic heterocycles. The van der Waals surface area contributed by atoms with E-state index in [-0.39, 0.29) is 0 Å². The summed E-state index contributed by atoms with van der Waals surface area (Å²) < 4.78 is 0. The van der Waals surface area contributed by atoms with Crippen LogP contribution >= 0.6 is 0 Å². The molecule has 0 bridgehead atoms. The smallest absolute Gasteiger partial charge is 0.0354 e.